The first-order chi connectivity index (χ1) is 10.7. The topological polar surface area (TPSA) is 63.2 Å². The zero-order chi connectivity index (χ0) is 17.2. The normalized spacial score (nSPS) is 12.7. The quantitative estimate of drug-likeness (QED) is 0.886. The third-order valence-corrected chi connectivity index (χ3v) is 5.23. The second-order valence-electron chi connectivity index (χ2n) is 5.13. The Kier molecular flexibility index (Phi) is 5.34. The minimum absolute atomic E-state index is 0.0720. The van der Waals surface area contributed by atoms with Crippen molar-refractivity contribution in [1.29, 1.82) is 0 Å². The highest BCUT2D eigenvalue weighted by Gasteiger charge is 2.18. The van der Waals surface area contributed by atoms with Gasteiger partial charge in [-0.1, -0.05) is 41.4 Å². The SMILES string of the molecule is C[C@H](NC(=O)c1ccc(Cl)c(S(C)(=O)=O)c1)c1ccccc1Cl. The van der Waals surface area contributed by atoms with Crippen LogP contribution < -0.4 is 5.32 Å². The molecule has 1 N–H and O–H groups in total. The number of amides is 1. The molecule has 0 aliphatic carbocycles. The zero-order valence-corrected chi connectivity index (χ0v) is 14.8. The molecule has 0 unspecified atom stereocenters. The third kappa shape index (κ3) is 4.25. The van der Waals surface area contributed by atoms with Gasteiger partial charge in [-0.15, -0.1) is 0 Å². The minimum Gasteiger partial charge on any atom is -0.345 e. The van der Waals surface area contributed by atoms with E-state index < -0.39 is 15.7 Å². The third-order valence-electron chi connectivity index (χ3n) is 3.31. The summed E-state index contributed by atoms with van der Waals surface area (Å²) in [5.74, 6) is -0.404. The molecule has 1 amide bonds. The Balaban J connectivity index is 2.27. The maximum Gasteiger partial charge on any atom is 0.251 e. The van der Waals surface area contributed by atoms with E-state index >= 15 is 0 Å². The van der Waals surface area contributed by atoms with E-state index in [1.807, 2.05) is 12.1 Å². The number of hydrogen-bond acceptors (Lipinski definition) is 3. The van der Waals surface area contributed by atoms with E-state index in [1.54, 1.807) is 19.1 Å². The van der Waals surface area contributed by atoms with Crippen LogP contribution in [0.3, 0.4) is 0 Å². The van der Waals surface area contributed by atoms with Crippen LogP contribution in [0.1, 0.15) is 28.9 Å². The lowest BCUT2D eigenvalue weighted by atomic mass is 10.1. The van der Waals surface area contributed by atoms with E-state index in [2.05, 4.69) is 5.32 Å². The van der Waals surface area contributed by atoms with Gasteiger partial charge in [0.05, 0.1) is 16.0 Å². The number of rotatable bonds is 4. The first kappa shape index (κ1) is 17.8. The molecule has 0 heterocycles. The van der Waals surface area contributed by atoms with Gasteiger partial charge < -0.3 is 5.32 Å². The van der Waals surface area contributed by atoms with Gasteiger partial charge in [0.15, 0.2) is 9.84 Å². The lowest BCUT2D eigenvalue weighted by Gasteiger charge is -2.16. The Hall–Kier alpha value is -1.56. The summed E-state index contributed by atoms with van der Waals surface area (Å²) >= 11 is 12.0. The van der Waals surface area contributed by atoms with E-state index in [-0.39, 0.29) is 21.5 Å². The monoisotopic (exact) mass is 371 g/mol. The van der Waals surface area contributed by atoms with Crippen molar-refractivity contribution in [3.05, 3.63) is 63.6 Å². The molecule has 0 bridgehead atoms. The van der Waals surface area contributed by atoms with Crippen molar-refractivity contribution in [3.8, 4) is 0 Å². The summed E-state index contributed by atoms with van der Waals surface area (Å²) in [4.78, 5) is 12.3. The predicted molar refractivity (Wildman–Crippen MR) is 91.9 cm³/mol. The lowest BCUT2D eigenvalue weighted by molar-refractivity contribution is 0.0939. The highest BCUT2D eigenvalue weighted by atomic mass is 35.5. The molecule has 0 aliphatic rings. The highest BCUT2D eigenvalue weighted by Crippen LogP contribution is 2.25. The fourth-order valence-corrected chi connectivity index (χ4v) is 3.71. The molecule has 7 heteroatoms. The van der Waals surface area contributed by atoms with Gasteiger partial charge in [-0.05, 0) is 36.8 Å². The second kappa shape index (κ2) is 6.91. The van der Waals surface area contributed by atoms with Crippen molar-refractivity contribution < 1.29 is 13.2 Å². The van der Waals surface area contributed by atoms with E-state index in [1.165, 1.54) is 18.2 Å². The summed E-state index contributed by atoms with van der Waals surface area (Å²) in [7, 11) is -3.51. The van der Waals surface area contributed by atoms with Crippen LogP contribution in [0.2, 0.25) is 10.0 Å². The van der Waals surface area contributed by atoms with Crippen LogP contribution in [-0.2, 0) is 9.84 Å². The standard InChI is InChI=1S/C16H15Cl2NO3S/c1-10(12-5-3-4-6-13(12)17)19-16(20)11-7-8-14(18)15(9-11)23(2,21)22/h3-10H,1-2H3,(H,19,20)/t10-/m0/s1. The van der Waals surface area contributed by atoms with Crippen LogP contribution in [0.15, 0.2) is 47.4 Å². The van der Waals surface area contributed by atoms with Crippen LogP contribution in [0.4, 0.5) is 0 Å². The maximum absolute atomic E-state index is 12.3. The lowest BCUT2D eigenvalue weighted by Crippen LogP contribution is -2.27. The summed E-state index contributed by atoms with van der Waals surface area (Å²) in [6, 6.07) is 11.0. The Bertz CT molecular complexity index is 850. The molecule has 2 aromatic carbocycles. The molecule has 0 saturated carbocycles. The number of benzene rings is 2. The fourth-order valence-electron chi connectivity index (χ4n) is 2.11. The Morgan fingerprint density at radius 1 is 1.09 bits per heavy atom. The minimum atomic E-state index is -3.51. The zero-order valence-electron chi connectivity index (χ0n) is 12.5. The highest BCUT2D eigenvalue weighted by molar-refractivity contribution is 7.90. The fraction of sp³-hybridized carbons (Fsp3) is 0.188. The smallest absolute Gasteiger partial charge is 0.251 e. The van der Waals surface area contributed by atoms with E-state index in [0.29, 0.717) is 5.02 Å². The molecular weight excluding hydrogens is 357 g/mol. The van der Waals surface area contributed by atoms with Gasteiger partial charge in [-0.3, -0.25) is 4.79 Å². The molecule has 2 aromatic rings. The van der Waals surface area contributed by atoms with Crippen LogP contribution in [0.25, 0.3) is 0 Å². The molecule has 0 saturated heterocycles. The number of carbonyl (C=O) groups is 1. The molecule has 0 radical (unpaired) electrons. The summed E-state index contributed by atoms with van der Waals surface area (Å²) in [5, 5.41) is 3.43. The van der Waals surface area contributed by atoms with Crippen molar-refractivity contribution in [2.45, 2.75) is 17.9 Å². The van der Waals surface area contributed by atoms with Gasteiger partial charge >= 0.3 is 0 Å². The Morgan fingerprint density at radius 3 is 2.35 bits per heavy atom. The number of halogens is 2. The average Bonchev–Trinajstić information content (AvgIpc) is 2.46. The van der Waals surface area contributed by atoms with Crippen molar-refractivity contribution in [2.24, 2.45) is 0 Å². The van der Waals surface area contributed by atoms with Crippen molar-refractivity contribution >= 4 is 38.9 Å². The number of hydrogen-bond donors (Lipinski definition) is 1. The van der Waals surface area contributed by atoms with Gasteiger partial charge in [0.2, 0.25) is 0 Å². The maximum atomic E-state index is 12.3. The first-order valence-corrected chi connectivity index (χ1v) is 9.40. The van der Waals surface area contributed by atoms with Gasteiger partial charge in [0.25, 0.3) is 5.91 Å². The number of carbonyl (C=O) groups excluding carboxylic acids is 1. The number of sulfone groups is 1. The molecule has 0 aliphatic heterocycles. The van der Waals surface area contributed by atoms with Crippen molar-refractivity contribution in [2.75, 3.05) is 6.26 Å². The molecule has 0 fully saturated rings. The molecule has 4 nitrogen and oxygen atoms in total. The molecule has 23 heavy (non-hydrogen) atoms. The first-order valence-electron chi connectivity index (χ1n) is 6.75. The van der Waals surface area contributed by atoms with Gasteiger partial charge in [0, 0.05) is 16.8 Å². The van der Waals surface area contributed by atoms with E-state index in [4.69, 9.17) is 23.2 Å². The van der Waals surface area contributed by atoms with E-state index in [9.17, 15) is 13.2 Å². The second-order valence-corrected chi connectivity index (χ2v) is 7.93. The molecule has 2 rings (SSSR count). The van der Waals surface area contributed by atoms with Crippen LogP contribution in [0.5, 0.6) is 0 Å². The number of nitrogens with one attached hydrogen (secondary N) is 1. The average molecular weight is 372 g/mol. The Morgan fingerprint density at radius 2 is 1.74 bits per heavy atom. The largest absolute Gasteiger partial charge is 0.345 e. The van der Waals surface area contributed by atoms with Crippen LogP contribution >= 0.6 is 23.2 Å². The summed E-state index contributed by atoms with van der Waals surface area (Å²) < 4.78 is 23.4. The van der Waals surface area contributed by atoms with E-state index in [0.717, 1.165) is 11.8 Å². The Labute approximate surface area is 145 Å². The summed E-state index contributed by atoms with van der Waals surface area (Å²) in [6.45, 7) is 1.80. The summed E-state index contributed by atoms with van der Waals surface area (Å²) in [5.41, 5.74) is 0.994. The summed E-state index contributed by atoms with van der Waals surface area (Å²) in [6.07, 6.45) is 1.04. The van der Waals surface area contributed by atoms with Gasteiger partial charge in [-0.2, -0.15) is 0 Å². The molecule has 1 atom stereocenters. The van der Waals surface area contributed by atoms with Crippen molar-refractivity contribution in [3.63, 3.8) is 0 Å². The molecule has 0 spiro atoms. The molecular formula is C16H15Cl2NO3S. The molecule has 122 valence electrons. The van der Waals surface area contributed by atoms with Gasteiger partial charge in [0.1, 0.15) is 0 Å². The van der Waals surface area contributed by atoms with Crippen LogP contribution in [-0.4, -0.2) is 20.6 Å². The molecule has 0 aromatic heterocycles. The van der Waals surface area contributed by atoms with Crippen molar-refractivity contribution in [1.82, 2.24) is 5.32 Å². The van der Waals surface area contributed by atoms with Gasteiger partial charge in [-0.25, -0.2) is 8.42 Å². The van der Waals surface area contributed by atoms with Crippen LogP contribution in [0, 0.1) is 0 Å². The predicted octanol–water partition coefficient (Wildman–Crippen LogP) is 3.89.